The number of benzene rings is 2. The lowest BCUT2D eigenvalue weighted by molar-refractivity contribution is -0.139. The van der Waals surface area contributed by atoms with Gasteiger partial charge in [-0.05, 0) is 62.1 Å². The average Bonchev–Trinajstić information content (AvgIpc) is 2.87. The largest absolute Gasteiger partial charge is 0.378 e. The quantitative estimate of drug-likeness (QED) is 0.733. The van der Waals surface area contributed by atoms with Crippen LogP contribution in [0.3, 0.4) is 0 Å². The Labute approximate surface area is 198 Å². The highest BCUT2D eigenvalue weighted by atomic mass is 19.1. The Balaban J connectivity index is 1.46. The molecule has 0 saturated carbocycles. The van der Waals surface area contributed by atoms with Crippen molar-refractivity contribution < 1.29 is 23.5 Å². The molecule has 0 unspecified atom stereocenters. The van der Waals surface area contributed by atoms with Crippen LogP contribution in [0.5, 0.6) is 0 Å². The number of hydrogen-bond acceptors (Lipinski definition) is 4. The van der Waals surface area contributed by atoms with E-state index in [1.807, 2.05) is 36.1 Å². The van der Waals surface area contributed by atoms with Crippen LogP contribution < -0.4 is 5.32 Å². The van der Waals surface area contributed by atoms with Crippen LogP contribution in [0.2, 0.25) is 0 Å². The van der Waals surface area contributed by atoms with Crippen molar-refractivity contribution >= 4 is 17.7 Å². The number of carbonyl (C=O) groups excluding carboxylic acids is 3. The second kappa shape index (κ2) is 10.8. The van der Waals surface area contributed by atoms with Crippen LogP contribution in [0.15, 0.2) is 48.5 Å². The third kappa shape index (κ3) is 5.62. The summed E-state index contributed by atoms with van der Waals surface area (Å²) in [5.74, 6) is -1.11. The predicted molar refractivity (Wildman–Crippen MR) is 125 cm³/mol. The van der Waals surface area contributed by atoms with Gasteiger partial charge in [-0.3, -0.25) is 14.4 Å². The molecular weight excluding hydrogens is 437 g/mol. The third-order valence-corrected chi connectivity index (χ3v) is 6.55. The van der Waals surface area contributed by atoms with Crippen LogP contribution in [-0.2, 0) is 9.53 Å². The van der Waals surface area contributed by atoms with Gasteiger partial charge in [0.25, 0.3) is 11.8 Å². The van der Waals surface area contributed by atoms with E-state index in [2.05, 4.69) is 5.32 Å². The molecule has 0 radical (unpaired) electrons. The highest BCUT2D eigenvalue weighted by molar-refractivity contribution is 5.98. The summed E-state index contributed by atoms with van der Waals surface area (Å²) in [4.78, 5) is 42.8. The summed E-state index contributed by atoms with van der Waals surface area (Å²) in [6, 6.07) is 12.1. The summed E-state index contributed by atoms with van der Waals surface area (Å²) in [6.07, 6.45) is 1.20. The van der Waals surface area contributed by atoms with E-state index < -0.39 is 17.8 Å². The highest BCUT2D eigenvalue weighted by Crippen LogP contribution is 2.24. The molecule has 0 bridgehead atoms. The molecule has 0 aliphatic carbocycles. The molecule has 0 spiro atoms. The molecule has 1 atom stereocenters. The summed E-state index contributed by atoms with van der Waals surface area (Å²) >= 11 is 0. The molecule has 2 aromatic rings. The number of morpholine rings is 1. The molecule has 180 valence electrons. The van der Waals surface area contributed by atoms with Crippen LogP contribution in [-0.4, -0.2) is 73.0 Å². The first-order valence-electron chi connectivity index (χ1n) is 11.7. The van der Waals surface area contributed by atoms with E-state index in [4.69, 9.17) is 4.74 Å². The van der Waals surface area contributed by atoms with Crippen molar-refractivity contribution in [2.45, 2.75) is 25.8 Å². The Morgan fingerprint density at radius 3 is 2.26 bits per heavy atom. The van der Waals surface area contributed by atoms with Gasteiger partial charge in [0.05, 0.1) is 13.2 Å². The van der Waals surface area contributed by atoms with Crippen molar-refractivity contribution in [2.24, 2.45) is 5.92 Å². The monoisotopic (exact) mass is 467 g/mol. The summed E-state index contributed by atoms with van der Waals surface area (Å²) in [5, 5.41) is 2.91. The van der Waals surface area contributed by atoms with Gasteiger partial charge in [0.2, 0.25) is 5.91 Å². The molecule has 8 heteroatoms. The second-order valence-corrected chi connectivity index (χ2v) is 8.89. The number of likely N-dealkylation sites (tertiary alicyclic amines) is 1. The highest BCUT2D eigenvalue weighted by Gasteiger charge is 2.36. The first-order chi connectivity index (χ1) is 16.4. The van der Waals surface area contributed by atoms with Crippen molar-refractivity contribution in [1.29, 1.82) is 0 Å². The Hall–Kier alpha value is -3.26. The van der Waals surface area contributed by atoms with E-state index in [0.717, 1.165) is 5.56 Å². The van der Waals surface area contributed by atoms with E-state index in [-0.39, 0.29) is 17.7 Å². The van der Waals surface area contributed by atoms with Crippen LogP contribution in [0.25, 0.3) is 0 Å². The van der Waals surface area contributed by atoms with Crippen LogP contribution in [0, 0.1) is 18.7 Å². The summed E-state index contributed by atoms with van der Waals surface area (Å²) in [5.41, 5.74) is 1.98. The fraction of sp³-hybridized carbons (Fsp3) is 0.423. The molecule has 34 heavy (non-hydrogen) atoms. The fourth-order valence-corrected chi connectivity index (χ4v) is 4.58. The Morgan fingerprint density at radius 1 is 0.941 bits per heavy atom. The summed E-state index contributed by atoms with van der Waals surface area (Å²) in [7, 11) is 0. The third-order valence-electron chi connectivity index (χ3n) is 6.55. The summed E-state index contributed by atoms with van der Waals surface area (Å²) in [6.45, 7) is 4.86. The Bertz CT molecular complexity index is 1030. The zero-order valence-electron chi connectivity index (χ0n) is 19.3. The van der Waals surface area contributed by atoms with Crippen molar-refractivity contribution in [3.63, 3.8) is 0 Å². The molecule has 2 heterocycles. The number of hydrogen-bond donors (Lipinski definition) is 1. The second-order valence-electron chi connectivity index (χ2n) is 8.89. The standard InChI is InChI=1S/C26H30FN3O4/c1-18-3-2-4-21(17-18)25(32)29-11-9-19(10-12-29)23(26(33)30-13-15-34-16-14-30)28-24(31)20-5-7-22(27)8-6-20/h2-8,17,19,23H,9-16H2,1H3,(H,28,31)/t23-/m1/s1. The number of amides is 3. The number of nitrogens with zero attached hydrogens (tertiary/aromatic N) is 2. The number of piperidine rings is 1. The summed E-state index contributed by atoms with van der Waals surface area (Å²) < 4.78 is 18.7. The topological polar surface area (TPSA) is 79.0 Å². The van der Waals surface area contributed by atoms with E-state index >= 15 is 0 Å². The maximum atomic E-state index is 13.4. The van der Waals surface area contributed by atoms with Gasteiger partial charge in [-0.25, -0.2) is 4.39 Å². The van der Waals surface area contributed by atoms with Crippen LogP contribution in [0.4, 0.5) is 4.39 Å². The van der Waals surface area contributed by atoms with E-state index in [0.29, 0.717) is 63.4 Å². The van der Waals surface area contributed by atoms with Gasteiger partial charge in [0.1, 0.15) is 11.9 Å². The van der Waals surface area contributed by atoms with Crippen molar-refractivity contribution in [3.8, 4) is 0 Å². The molecular formula is C26H30FN3O4. The maximum absolute atomic E-state index is 13.4. The van der Waals surface area contributed by atoms with Gasteiger partial charge >= 0.3 is 0 Å². The number of halogens is 1. The molecule has 2 saturated heterocycles. The minimum atomic E-state index is -0.716. The number of nitrogens with one attached hydrogen (secondary N) is 1. The lowest BCUT2D eigenvalue weighted by Gasteiger charge is -2.38. The normalized spacial score (nSPS) is 17.8. The van der Waals surface area contributed by atoms with Crippen LogP contribution in [0.1, 0.15) is 39.1 Å². The first kappa shape index (κ1) is 23.9. The van der Waals surface area contributed by atoms with Gasteiger partial charge < -0.3 is 19.9 Å². The molecule has 3 amide bonds. The molecule has 2 fully saturated rings. The van der Waals surface area contributed by atoms with E-state index in [1.54, 1.807) is 4.90 Å². The SMILES string of the molecule is Cc1cccc(C(=O)N2CCC([C@@H](NC(=O)c3ccc(F)cc3)C(=O)N3CCOCC3)CC2)c1. The Kier molecular flexibility index (Phi) is 7.57. The van der Waals surface area contributed by atoms with Crippen molar-refractivity contribution in [2.75, 3.05) is 39.4 Å². The first-order valence-corrected chi connectivity index (χ1v) is 11.7. The fourth-order valence-electron chi connectivity index (χ4n) is 4.58. The zero-order valence-corrected chi connectivity index (χ0v) is 19.3. The molecule has 4 rings (SSSR count). The van der Waals surface area contributed by atoms with E-state index in [9.17, 15) is 18.8 Å². The van der Waals surface area contributed by atoms with Crippen LogP contribution >= 0.6 is 0 Å². The van der Waals surface area contributed by atoms with Crippen molar-refractivity contribution in [3.05, 3.63) is 71.0 Å². The number of rotatable bonds is 5. The van der Waals surface area contributed by atoms with Gasteiger partial charge in [-0.15, -0.1) is 0 Å². The molecule has 0 aromatic heterocycles. The number of ether oxygens (including phenoxy) is 1. The number of carbonyl (C=O) groups is 3. The lowest BCUT2D eigenvalue weighted by Crippen LogP contribution is -2.56. The van der Waals surface area contributed by atoms with E-state index in [1.165, 1.54) is 24.3 Å². The average molecular weight is 468 g/mol. The molecule has 7 nitrogen and oxygen atoms in total. The molecule has 2 aromatic carbocycles. The van der Waals surface area contributed by atoms with Gasteiger partial charge in [0.15, 0.2) is 0 Å². The van der Waals surface area contributed by atoms with Gasteiger partial charge in [-0.1, -0.05) is 17.7 Å². The molecule has 2 aliphatic rings. The molecule has 2 aliphatic heterocycles. The molecule has 1 N–H and O–H groups in total. The minimum Gasteiger partial charge on any atom is -0.378 e. The Morgan fingerprint density at radius 2 is 1.62 bits per heavy atom. The zero-order chi connectivity index (χ0) is 24.1. The maximum Gasteiger partial charge on any atom is 0.253 e. The predicted octanol–water partition coefficient (Wildman–Crippen LogP) is 2.64. The van der Waals surface area contributed by atoms with Crippen molar-refractivity contribution in [1.82, 2.24) is 15.1 Å². The lowest BCUT2D eigenvalue weighted by atomic mass is 9.87. The van der Waals surface area contributed by atoms with Gasteiger partial charge in [-0.2, -0.15) is 0 Å². The number of aryl methyl sites for hydroxylation is 1. The smallest absolute Gasteiger partial charge is 0.253 e. The van der Waals surface area contributed by atoms with Gasteiger partial charge in [0, 0.05) is 37.3 Å². The minimum absolute atomic E-state index is 0.0199.